The third kappa shape index (κ3) is 7.54. The van der Waals surface area contributed by atoms with Crippen molar-refractivity contribution in [3.8, 4) is 12.1 Å². The maximum Gasteiger partial charge on any atom is 0.0991 e. The Morgan fingerprint density at radius 3 is 1.03 bits per heavy atom. The van der Waals surface area contributed by atoms with Crippen molar-refractivity contribution in [1.29, 1.82) is 10.5 Å². The largest absolute Gasteiger partial charge is 0.310 e. The van der Waals surface area contributed by atoms with Crippen molar-refractivity contribution in [3.63, 3.8) is 0 Å². The second-order valence-electron chi connectivity index (χ2n) is 19.2. The van der Waals surface area contributed by atoms with Gasteiger partial charge in [-0.1, -0.05) is 115 Å². The van der Waals surface area contributed by atoms with Crippen LogP contribution in [0.15, 0.2) is 133 Å². The molecule has 318 valence electrons. The van der Waals surface area contributed by atoms with Crippen molar-refractivity contribution in [2.75, 3.05) is 9.80 Å². The number of hydrogen-bond acceptors (Lipinski definition) is 4. The molecule has 0 aromatic heterocycles. The molecule has 0 saturated heterocycles. The second kappa shape index (κ2) is 17.5. The molecule has 4 nitrogen and oxygen atoms in total. The molecule has 0 spiro atoms. The van der Waals surface area contributed by atoms with Gasteiger partial charge in [0.1, 0.15) is 0 Å². The highest BCUT2D eigenvalue weighted by molar-refractivity contribution is 6.29. The van der Waals surface area contributed by atoms with Gasteiger partial charge in [0.2, 0.25) is 0 Å². The van der Waals surface area contributed by atoms with Crippen LogP contribution in [0.3, 0.4) is 0 Å². The molecule has 0 heterocycles. The molecule has 8 aromatic rings. The van der Waals surface area contributed by atoms with Gasteiger partial charge < -0.3 is 9.80 Å². The van der Waals surface area contributed by atoms with Gasteiger partial charge in [-0.05, 0) is 178 Å². The number of rotatable bonds is 10. The Kier molecular flexibility index (Phi) is 11.3. The molecule has 0 unspecified atom stereocenters. The maximum absolute atomic E-state index is 9.86. The van der Waals surface area contributed by atoms with Crippen LogP contribution in [-0.4, -0.2) is 0 Å². The lowest BCUT2D eigenvalue weighted by Crippen LogP contribution is -2.14. The highest BCUT2D eigenvalue weighted by atomic mass is 15.1. The zero-order valence-electron chi connectivity index (χ0n) is 37.9. The SMILES string of the molecule is CC(C)c1ccc(N(c2ccc(C#N)cc2)c2cc(C3CCCCC3)c3ccc4c(N(c5ccc(C#N)cc5)c5ccc(C(C)C)cc5)cc(C5CCCCC5)c5ccc2c3c54)cc1. The van der Waals surface area contributed by atoms with Crippen molar-refractivity contribution in [2.45, 2.75) is 116 Å². The molecule has 2 saturated carbocycles. The van der Waals surface area contributed by atoms with E-state index in [1.54, 1.807) is 0 Å². The van der Waals surface area contributed by atoms with Crippen LogP contribution in [0.5, 0.6) is 0 Å². The zero-order chi connectivity index (χ0) is 43.9. The molecular weight excluding hydrogens is 777 g/mol. The number of benzene rings is 8. The number of nitriles is 2. The predicted octanol–water partition coefficient (Wildman–Crippen LogP) is 17.6. The molecule has 8 aromatic carbocycles. The average molecular weight is 835 g/mol. The van der Waals surface area contributed by atoms with E-state index in [0.717, 1.165) is 22.7 Å². The van der Waals surface area contributed by atoms with Crippen molar-refractivity contribution < 1.29 is 0 Å². The Bertz CT molecular complexity index is 2800. The topological polar surface area (TPSA) is 54.1 Å². The van der Waals surface area contributed by atoms with Crippen LogP contribution in [0.1, 0.15) is 149 Å². The minimum Gasteiger partial charge on any atom is -0.310 e. The number of hydrogen-bond donors (Lipinski definition) is 0. The molecule has 2 aliphatic rings. The summed E-state index contributed by atoms with van der Waals surface area (Å²) in [5.74, 6) is 1.79. The van der Waals surface area contributed by atoms with Gasteiger partial charge in [0.05, 0.1) is 34.6 Å². The first kappa shape index (κ1) is 41.4. The van der Waals surface area contributed by atoms with Crippen LogP contribution in [-0.2, 0) is 0 Å². The molecule has 0 N–H and O–H groups in total. The molecule has 4 heteroatoms. The molecule has 0 aliphatic heterocycles. The summed E-state index contributed by atoms with van der Waals surface area (Å²) in [7, 11) is 0. The minimum absolute atomic E-state index is 0.425. The summed E-state index contributed by atoms with van der Waals surface area (Å²) < 4.78 is 0. The van der Waals surface area contributed by atoms with E-state index in [-0.39, 0.29) is 0 Å². The van der Waals surface area contributed by atoms with Crippen molar-refractivity contribution in [2.24, 2.45) is 0 Å². The Morgan fingerprint density at radius 1 is 0.406 bits per heavy atom. The van der Waals surface area contributed by atoms with Crippen LogP contribution >= 0.6 is 0 Å². The summed E-state index contributed by atoms with van der Waals surface area (Å²) in [6.07, 6.45) is 12.4. The summed E-state index contributed by atoms with van der Waals surface area (Å²) >= 11 is 0. The highest BCUT2D eigenvalue weighted by Crippen LogP contribution is 2.53. The van der Waals surface area contributed by atoms with Crippen LogP contribution < -0.4 is 9.80 Å². The predicted molar refractivity (Wildman–Crippen MR) is 269 cm³/mol. The Balaban J connectivity index is 1.31. The van der Waals surface area contributed by atoms with Gasteiger partial charge in [-0.25, -0.2) is 0 Å². The first-order valence-corrected chi connectivity index (χ1v) is 23.9. The monoisotopic (exact) mass is 834 g/mol. The Hall–Kier alpha value is -6.62. The summed E-state index contributed by atoms with van der Waals surface area (Å²) in [4.78, 5) is 4.90. The summed E-state index contributed by atoms with van der Waals surface area (Å²) in [6, 6.07) is 54.1. The second-order valence-corrected chi connectivity index (χ2v) is 19.2. The highest BCUT2D eigenvalue weighted by Gasteiger charge is 2.29. The Labute approximate surface area is 379 Å². The summed E-state index contributed by atoms with van der Waals surface area (Å²) in [5, 5.41) is 27.6. The fourth-order valence-corrected chi connectivity index (χ4v) is 11.1. The summed E-state index contributed by atoms with van der Waals surface area (Å²) in [5.41, 5.74) is 13.5. The van der Waals surface area contributed by atoms with Crippen molar-refractivity contribution >= 4 is 66.4 Å². The van der Waals surface area contributed by atoms with Gasteiger partial charge in [0.15, 0.2) is 0 Å². The third-order valence-corrected chi connectivity index (χ3v) is 14.6. The van der Waals surface area contributed by atoms with E-state index in [0.29, 0.717) is 34.8 Å². The van der Waals surface area contributed by atoms with Gasteiger partial charge in [-0.3, -0.25) is 0 Å². The summed E-state index contributed by atoms with van der Waals surface area (Å²) in [6.45, 7) is 9.01. The maximum atomic E-state index is 9.86. The lowest BCUT2D eigenvalue weighted by molar-refractivity contribution is 0.445. The normalized spacial score (nSPS) is 15.0. The number of anilines is 6. The van der Waals surface area contributed by atoms with Crippen LogP contribution in [0.25, 0.3) is 32.3 Å². The standard InChI is InChI=1S/C60H58N4/c1-39(2)43-19-27-49(28-20-43)63(47-23-15-41(37-61)16-24-47)57-35-55(45-11-7-5-8-12-45)51-32-34-54-58(36-56(46-13-9-6-10-14-46)52-31-33-53(57)59(51)60(52)54)64(48-25-17-42(38-62)18-26-48)50-29-21-44(22-30-50)40(3)4/h15-36,39-40,45-46H,5-14H2,1-4H3. The van der Waals surface area contributed by atoms with E-state index in [2.05, 4.69) is 159 Å². The van der Waals surface area contributed by atoms with E-state index in [1.807, 2.05) is 24.3 Å². The van der Waals surface area contributed by atoms with Gasteiger partial charge in [0.25, 0.3) is 0 Å². The fourth-order valence-electron chi connectivity index (χ4n) is 11.1. The molecular formula is C60H58N4. The molecule has 2 aliphatic carbocycles. The van der Waals surface area contributed by atoms with Crippen molar-refractivity contribution in [1.82, 2.24) is 0 Å². The third-order valence-electron chi connectivity index (χ3n) is 14.6. The van der Waals surface area contributed by atoms with Gasteiger partial charge in [-0.2, -0.15) is 10.5 Å². The van der Waals surface area contributed by atoms with Crippen LogP contribution in [0, 0.1) is 22.7 Å². The molecule has 0 radical (unpaired) electrons. The van der Waals surface area contributed by atoms with Gasteiger partial charge >= 0.3 is 0 Å². The first-order chi connectivity index (χ1) is 31.3. The molecule has 0 amide bonds. The van der Waals surface area contributed by atoms with E-state index in [1.165, 1.54) is 130 Å². The van der Waals surface area contributed by atoms with Gasteiger partial charge in [-0.15, -0.1) is 0 Å². The van der Waals surface area contributed by atoms with E-state index in [9.17, 15) is 10.5 Å². The molecule has 0 atom stereocenters. The lowest BCUT2D eigenvalue weighted by atomic mass is 9.77. The van der Waals surface area contributed by atoms with Crippen LogP contribution in [0.2, 0.25) is 0 Å². The minimum atomic E-state index is 0.425. The van der Waals surface area contributed by atoms with E-state index < -0.39 is 0 Å². The molecule has 0 bridgehead atoms. The lowest BCUT2D eigenvalue weighted by Gasteiger charge is -2.33. The average Bonchev–Trinajstić information content (AvgIpc) is 3.35. The van der Waals surface area contributed by atoms with Crippen molar-refractivity contribution in [3.05, 3.63) is 167 Å². The molecule has 2 fully saturated rings. The van der Waals surface area contributed by atoms with Gasteiger partial charge in [0, 0.05) is 33.5 Å². The number of nitrogens with zero attached hydrogens (tertiary/aromatic N) is 4. The van der Waals surface area contributed by atoms with Crippen LogP contribution in [0.4, 0.5) is 34.1 Å². The quantitative estimate of drug-likeness (QED) is 0.129. The Morgan fingerprint density at radius 2 is 0.719 bits per heavy atom. The smallest absolute Gasteiger partial charge is 0.0991 e. The molecule has 10 rings (SSSR count). The van der Waals surface area contributed by atoms with E-state index in [4.69, 9.17) is 0 Å². The fraction of sp³-hybridized carbons (Fsp3) is 0.300. The molecule has 64 heavy (non-hydrogen) atoms. The zero-order valence-corrected chi connectivity index (χ0v) is 37.9. The first-order valence-electron chi connectivity index (χ1n) is 23.9. The van der Waals surface area contributed by atoms with E-state index >= 15 is 0 Å².